The lowest BCUT2D eigenvalue weighted by atomic mass is 9.97. The molecule has 1 aliphatic heterocycles. The Morgan fingerprint density at radius 2 is 1.68 bits per heavy atom. The van der Waals surface area contributed by atoms with Crippen molar-refractivity contribution in [2.24, 2.45) is 5.10 Å². The Bertz CT molecular complexity index is 971. The number of benzene rings is 2. The maximum absolute atomic E-state index is 13.0. The zero-order chi connectivity index (χ0) is 22.4. The Balaban J connectivity index is 1.92. The van der Waals surface area contributed by atoms with Crippen LogP contribution in [-0.2, 0) is 9.59 Å². The second-order valence-electron chi connectivity index (χ2n) is 7.09. The summed E-state index contributed by atoms with van der Waals surface area (Å²) >= 11 is 0. The highest BCUT2D eigenvalue weighted by Crippen LogP contribution is 2.39. The zero-order valence-corrected chi connectivity index (χ0v) is 17.8. The highest BCUT2D eigenvalue weighted by molar-refractivity contribution is 6.03. The van der Waals surface area contributed by atoms with E-state index in [1.165, 1.54) is 5.01 Å². The van der Waals surface area contributed by atoms with E-state index in [9.17, 15) is 9.59 Å². The van der Waals surface area contributed by atoms with Crippen LogP contribution in [0.1, 0.15) is 42.9 Å². The number of amides is 1. The van der Waals surface area contributed by atoms with Crippen LogP contribution in [-0.4, -0.2) is 49.0 Å². The number of nitrogens with zero attached hydrogens (tertiary/aromatic N) is 2. The zero-order valence-electron chi connectivity index (χ0n) is 17.8. The predicted octanol–water partition coefficient (Wildman–Crippen LogP) is 3.65. The third-order valence-corrected chi connectivity index (χ3v) is 5.17. The molecule has 0 unspecified atom stereocenters. The highest BCUT2D eigenvalue weighted by Gasteiger charge is 2.34. The normalized spacial score (nSPS) is 15.4. The van der Waals surface area contributed by atoms with Crippen molar-refractivity contribution in [2.75, 3.05) is 21.3 Å². The topological polar surface area (TPSA) is 97.7 Å². The van der Waals surface area contributed by atoms with Crippen molar-refractivity contribution in [1.29, 1.82) is 0 Å². The van der Waals surface area contributed by atoms with E-state index < -0.39 is 5.97 Å². The number of rotatable bonds is 9. The molecule has 1 heterocycles. The maximum Gasteiger partial charge on any atom is 0.303 e. The van der Waals surface area contributed by atoms with Gasteiger partial charge in [-0.1, -0.05) is 0 Å². The molecule has 0 saturated carbocycles. The molecule has 1 amide bonds. The summed E-state index contributed by atoms with van der Waals surface area (Å²) in [6.07, 6.45) is 0.788. The lowest BCUT2D eigenvalue weighted by molar-refractivity contribution is -0.137. The molecule has 0 saturated heterocycles. The Hall–Kier alpha value is -3.55. The average Bonchev–Trinajstić information content (AvgIpc) is 3.23. The first-order chi connectivity index (χ1) is 15.0. The van der Waals surface area contributed by atoms with Crippen LogP contribution in [0, 0.1) is 0 Å². The van der Waals surface area contributed by atoms with Crippen LogP contribution in [0.15, 0.2) is 47.6 Å². The summed E-state index contributed by atoms with van der Waals surface area (Å²) in [7, 11) is 4.75. The van der Waals surface area contributed by atoms with Gasteiger partial charge in [-0.3, -0.25) is 9.59 Å². The Kier molecular flexibility index (Phi) is 7.12. The molecule has 8 heteroatoms. The van der Waals surface area contributed by atoms with Crippen LogP contribution in [0.4, 0.5) is 0 Å². The second-order valence-corrected chi connectivity index (χ2v) is 7.09. The third kappa shape index (κ3) is 5.14. The van der Waals surface area contributed by atoms with Gasteiger partial charge < -0.3 is 19.3 Å². The number of carboxylic acid groups (broad SMARTS) is 1. The van der Waals surface area contributed by atoms with Crippen molar-refractivity contribution >= 4 is 17.6 Å². The first kappa shape index (κ1) is 22.1. The van der Waals surface area contributed by atoms with E-state index in [1.807, 2.05) is 36.4 Å². The van der Waals surface area contributed by atoms with Gasteiger partial charge in [-0.25, -0.2) is 5.01 Å². The van der Waals surface area contributed by atoms with Crippen LogP contribution in [0.2, 0.25) is 0 Å². The van der Waals surface area contributed by atoms with Crippen molar-refractivity contribution in [3.8, 4) is 17.2 Å². The van der Waals surface area contributed by atoms with Gasteiger partial charge in [0.1, 0.15) is 17.2 Å². The molecule has 1 aliphatic rings. The summed E-state index contributed by atoms with van der Waals surface area (Å²) in [5, 5.41) is 14.9. The lowest BCUT2D eigenvalue weighted by Gasteiger charge is -2.24. The summed E-state index contributed by atoms with van der Waals surface area (Å²) in [6.45, 7) is 0. The SMILES string of the molecule is COc1ccc(C2=NN(C(=O)CCCC(=O)O)[C@H](c3ccc(OC)cc3OC)C2)cc1. The van der Waals surface area contributed by atoms with Gasteiger partial charge in [0.2, 0.25) is 5.91 Å². The van der Waals surface area contributed by atoms with E-state index >= 15 is 0 Å². The van der Waals surface area contributed by atoms with Gasteiger partial charge >= 0.3 is 5.97 Å². The van der Waals surface area contributed by atoms with Crippen LogP contribution in [0.5, 0.6) is 17.2 Å². The minimum absolute atomic E-state index is 0.0643. The van der Waals surface area contributed by atoms with Crippen LogP contribution in [0.3, 0.4) is 0 Å². The molecule has 0 aliphatic carbocycles. The summed E-state index contributed by atoms with van der Waals surface area (Å²) in [5.74, 6) is 0.822. The van der Waals surface area contributed by atoms with E-state index in [2.05, 4.69) is 5.10 Å². The maximum atomic E-state index is 13.0. The molecule has 2 aromatic carbocycles. The largest absolute Gasteiger partial charge is 0.497 e. The fourth-order valence-electron chi connectivity index (χ4n) is 3.54. The van der Waals surface area contributed by atoms with E-state index in [0.29, 0.717) is 17.9 Å². The highest BCUT2D eigenvalue weighted by atomic mass is 16.5. The molecule has 0 fully saturated rings. The van der Waals surface area contributed by atoms with Gasteiger partial charge in [-0.2, -0.15) is 5.10 Å². The van der Waals surface area contributed by atoms with Gasteiger partial charge in [0, 0.05) is 30.9 Å². The molecule has 2 aromatic rings. The van der Waals surface area contributed by atoms with E-state index in [4.69, 9.17) is 19.3 Å². The number of carboxylic acids is 1. The molecular weight excluding hydrogens is 400 g/mol. The summed E-state index contributed by atoms with van der Waals surface area (Å²) in [5.41, 5.74) is 2.46. The minimum atomic E-state index is -0.926. The molecule has 0 aromatic heterocycles. The average molecular weight is 426 g/mol. The Labute approximate surface area is 181 Å². The second kappa shape index (κ2) is 9.97. The third-order valence-electron chi connectivity index (χ3n) is 5.17. The van der Waals surface area contributed by atoms with Crippen LogP contribution in [0.25, 0.3) is 0 Å². The van der Waals surface area contributed by atoms with Crippen molar-refractivity contribution in [1.82, 2.24) is 5.01 Å². The summed E-state index contributed by atoms with van der Waals surface area (Å²) in [6, 6.07) is 12.6. The fraction of sp³-hybridized carbons (Fsp3) is 0.348. The number of hydrogen-bond donors (Lipinski definition) is 1. The van der Waals surface area contributed by atoms with Gasteiger partial charge in [0.25, 0.3) is 0 Å². The van der Waals surface area contributed by atoms with Crippen molar-refractivity contribution < 1.29 is 28.9 Å². The number of hydrazone groups is 1. The van der Waals surface area contributed by atoms with Gasteiger partial charge in [0.15, 0.2) is 0 Å². The number of methoxy groups -OCH3 is 3. The van der Waals surface area contributed by atoms with Gasteiger partial charge in [-0.15, -0.1) is 0 Å². The molecule has 0 radical (unpaired) electrons. The van der Waals surface area contributed by atoms with Crippen molar-refractivity contribution in [3.05, 3.63) is 53.6 Å². The number of ether oxygens (including phenoxy) is 3. The van der Waals surface area contributed by atoms with E-state index in [1.54, 1.807) is 27.4 Å². The first-order valence-corrected chi connectivity index (χ1v) is 9.94. The minimum Gasteiger partial charge on any atom is -0.497 e. The molecular formula is C23H26N2O6. The number of hydrogen-bond acceptors (Lipinski definition) is 6. The summed E-state index contributed by atoms with van der Waals surface area (Å²) < 4.78 is 16.0. The van der Waals surface area contributed by atoms with Gasteiger partial charge in [0.05, 0.1) is 33.1 Å². The quantitative estimate of drug-likeness (QED) is 0.657. The van der Waals surface area contributed by atoms with E-state index in [-0.39, 0.29) is 31.2 Å². The predicted molar refractivity (Wildman–Crippen MR) is 115 cm³/mol. The van der Waals surface area contributed by atoms with Crippen LogP contribution < -0.4 is 14.2 Å². The lowest BCUT2D eigenvalue weighted by Crippen LogP contribution is -2.27. The fourth-order valence-corrected chi connectivity index (χ4v) is 3.54. The Morgan fingerprint density at radius 1 is 1.00 bits per heavy atom. The molecule has 0 spiro atoms. The number of carbonyl (C=O) groups is 2. The smallest absolute Gasteiger partial charge is 0.303 e. The molecule has 31 heavy (non-hydrogen) atoms. The van der Waals surface area contributed by atoms with Crippen molar-refractivity contribution in [2.45, 2.75) is 31.7 Å². The Morgan fingerprint density at radius 3 is 2.29 bits per heavy atom. The monoisotopic (exact) mass is 426 g/mol. The first-order valence-electron chi connectivity index (χ1n) is 9.94. The molecule has 0 bridgehead atoms. The van der Waals surface area contributed by atoms with Crippen LogP contribution >= 0.6 is 0 Å². The van der Waals surface area contributed by atoms with Crippen molar-refractivity contribution in [3.63, 3.8) is 0 Å². The molecule has 3 rings (SSSR count). The molecule has 1 N–H and O–H groups in total. The number of aliphatic carboxylic acids is 1. The standard InChI is InChI=1S/C23H26N2O6/c1-29-16-9-7-15(8-10-16)19-14-20(18-12-11-17(30-2)13-21(18)31-3)25(24-19)22(26)5-4-6-23(27)28/h7-13,20H,4-6,14H2,1-3H3,(H,27,28)/t20-/m0/s1. The number of carbonyl (C=O) groups excluding carboxylic acids is 1. The van der Waals surface area contributed by atoms with E-state index in [0.717, 1.165) is 22.6 Å². The summed E-state index contributed by atoms with van der Waals surface area (Å²) in [4.78, 5) is 23.8. The molecule has 1 atom stereocenters. The molecule has 8 nitrogen and oxygen atoms in total. The van der Waals surface area contributed by atoms with Gasteiger partial charge in [-0.05, 0) is 48.4 Å². The molecule has 164 valence electrons.